The van der Waals surface area contributed by atoms with Gasteiger partial charge in [-0.1, -0.05) is 37.6 Å². The molecule has 0 fully saturated rings. The van der Waals surface area contributed by atoms with Gasteiger partial charge in [-0.2, -0.15) is 0 Å². The number of carbonyl (C=O) groups excluding carboxylic acids is 1. The van der Waals surface area contributed by atoms with Crippen LogP contribution in [-0.4, -0.2) is 18.6 Å². The lowest BCUT2D eigenvalue weighted by molar-refractivity contribution is -0.128. The highest BCUT2D eigenvalue weighted by Gasteiger charge is 2.18. The van der Waals surface area contributed by atoms with Crippen molar-refractivity contribution in [3.63, 3.8) is 0 Å². The average Bonchev–Trinajstić information content (AvgIpc) is 2.61. The van der Waals surface area contributed by atoms with Gasteiger partial charge in [0.25, 0.3) is 5.91 Å². The summed E-state index contributed by atoms with van der Waals surface area (Å²) in [5.74, 6) is 0.752. The molecule has 0 saturated carbocycles. The Morgan fingerprint density at radius 1 is 1.22 bits per heavy atom. The van der Waals surface area contributed by atoms with Gasteiger partial charge < -0.3 is 10.1 Å². The van der Waals surface area contributed by atoms with Crippen LogP contribution in [0.25, 0.3) is 0 Å². The van der Waals surface area contributed by atoms with Crippen LogP contribution in [0.15, 0.2) is 35.9 Å². The van der Waals surface area contributed by atoms with Gasteiger partial charge in [0.15, 0.2) is 6.10 Å². The lowest BCUT2D eigenvalue weighted by Gasteiger charge is -2.18. The largest absolute Gasteiger partial charge is 0.481 e. The van der Waals surface area contributed by atoms with E-state index < -0.39 is 6.10 Å². The Bertz CT molecular complexity index is 519. The van der Waals surface area contributed by atoms with Crippen molar-refractivity contribution in [2.75, 3.05) is 6.54 Å². The first-order valence-electron chi connectivity index (χ1n) is 8.94. The van der Waals surface area contributed by atoms with Crippen LogP contribution < -0.4 is 10.1 Å². The maximum atomic E-state index is 12.3. The molecule has 0 radical (unpaired) electrons. The zero-order chi connectivity index (χ0) is 16.5. The fourth-order valence-corrected chi connectivity index (χ4v) is 2.88. The molecule has 1 aromatic carbocycles. The first-order chi connectivity index (χ1) is 11.2. The van der Waals surface area contributed by atoms with Crippen LogP contribution in [0, 0.1) is 0 Å². The monoisotopic (exact) mass is 315 g/mol. The van der Waals surface area contributed by atoms with E-state index >= 15 is 0 Å². The Kier molecular flexibility index (Phi) is 7.18. The van der Waals surface area contributed by atoms with E-state index in [9.17, 15) is 4.79 Å². The molecule has 0 saturated heterocycles. The molecule has 23 heavy (non-hydrogen) atoms. The van der Waals surface area contributed by atoms with Crippen molar-refractivity contribution < 1.29 is 9.53 Å². The van der Waals surface area contributed by atoms with Gasteiger partial charge in [0.1, 0.15) is 5.75 Å². The van der Waals surface area contributed by atoms with Gasteiger partial charge in [0.2, 0.25) is 0 Å². The highest BCUT2D eigenvalue weighted by Crippen LogP contribution is 2.19. The molecule has 2 rings (SSSR count). The molecule has 0 aliphatic heterocycles. The van der Waals surface area contributed by atoms with Gasteiger partial charge in [-0.3, -0.25) is 4.79 Å². The molecular weight excluding hydrogens is 286 g/mol. The van der Waals surface area contributed by atoms with Crippen molar-refractivity contribution in [1.29, 1.82) is 0 Å². The fraction of sp³-hybridized carbons (Fsp3) is 0.550. The third-order valence-electron chi connectivity index (χ3n) is 4.40. The highest BCUT2D eigenvalue weighted by molar-refractivity contribution is 5.81. The maximum Gasteiger partial charge on any atom is 0.261 e. The Morgan fingerprint density at radius 2 is 2.00 bits per heavy atom. The number of amides is 1. The van der Waals surface area contributed by atoms with Crippen LogP contribution in [0.4, 0.5) is 0 Å². The Hall–Kier alpha value is -1.77. The van der Waals surface area contributed by atoms with Gasteiger partial charge in [0, 0.05) is 6.54 Å². The summed E-state index contributed by atoms with van der Waals surface area (Å²) in [5.41, 5.74) is 2.76. The summed E-state index contributed by atoms with van der Waals surface area (Å²) in [6, 6.07) is 7.99. The molecule has 1 amide bonds. The van der Waals surface area contributed by atoms with E-state index in [0.717, 1.165) is 18.6 Å². The molecule has 126 valence electrons. The summed E-state index contributed by atoms with van der Waals surface area (Å²) < 4.78 is 5.84. The highest BCUT2D eigenvalue weighted by atomic mass is 16.5. The maximum absolute atomic E-state index is 12.3. The van der Waals surface area contributed by atoms with Crippen molar-refractivity contribution in [2.24, 2.45) is 0 Å². The number of rotatable bonds is 8. The predicted molar refractivity (Wildman–Crippen MR) is 94.7 cm³/mol. The number of ether oxygens (including phenoxy) is 1. The van der Waals surface area contributed by atoms with Crippen LogP contribution in [0.2, 0.25) is 0 Å². The molecular formula is C20H29NO2. The van der Waals surface area contributed by atoms with Crippen LogP contribution in [0.1, 0.15) is 57.9 Å². The molecule has 1 aromatic rings. The van der Waals surface area contributed by atoms with Crippen molar-refractivity contribution in [3.8, 4) is 5.75 Å². The first kappa shape index (κ1) is 17.6. The number of nitrogens with one attached hydrogen (secondary N) is 1. The molecule has 0 spiro atoms. The van der Waals surface area contributed by atoms with Crippen molar-refractivity contribution in [3.05, 3.63) is 41.5 Å². The molecule has 0 aromatic heterocycles. The Balaban J connectivity index is 1.79. The van der Waals surface area contributed by atoms with Crippen LogP contribution in [-0.2, 0) is 11.2 Å². The standard InChI is InChI=1S/C20H29NO2/c1-3-16-10-12-18(13-11-16)23-19(4-2)20(22)21-15-14-17-8-6-5-7-9-17/h8,10-13,19H,3-7,9,14-15H2,1-2H3,(H,21,22)/t19-/m0/s1. The molecule has 3 heteroatoms. The predicted octanol–water partition coefficient (Wildman–Crippen LogP) is 4.41. The Labute approximate surface area is 140 Å². The van der Waals surface area contributed by atoms with Gasteiger partial charge in [-0.05, 0) is 62.6 Å². The minimum absolute atomic E-state index is 0.0107. The summed E-state index contributed by atoms with van der Waals surface area (Å²) >= 11 is 0. The molecule has 0 heterocycles. The first-order valence-corrected chi connectivity index (χ1v) is 8.94. The second-order valence-corrected chi connectivity index (χ2v) is 6.16. The molecule has 1 aliphatic rings. The smallest absolute Gasteiger partial charge is 0.261 e. The van der Waals surface area contributed by atoms with E-state index in [1.807, 2.05) is 19.1 Å². The van der Waals surface area contributed by atoms with Gasteiger partial charge in [-0.15, -0.1) is 0 Å². The van der Waals surface area contributed by atoms with Crippen LogP contribution in [0.3, 0.4) is 0 Å². The summed E-state index contributed by atoms with van der Waals surface area (Å²) in [4.78, 5) is 12.3. The van der Waals surface area contributed by atoms with Crippen molar-refractivity contribution in [1.82, 2.24) is 5.32 Å². The van der Waals surface area contributed by atoms with Gasteiger partial charge in [0.05, 0.1) is 0 Å². The van der Waals surface area contributed by atoms with Crippen molar-refractivity contribution in [2.45, 2.75) is 64.9 Å². The Morgan fingerprint density at radius 3 is 2.61 bits per heavy atom. The number of carbonyl (C=O) groups is 1. The number of hydrogen-bond acceptors (Lipinski definition) is 2. The molecule has 1 atom stereocenters. The second kappa shape index (κ2) is 9.39. The average molecular weight is 315 g/mol. The van der Waals surface area contributed by atoms with E-state index in [-0.39, 0.29) is 5.91 Å². The number of benzene rings is 1. The van der Waals surface area contributed by atoms with E-state index in [4.69, 9.17) is 4.74 Å². The number of hydrogen-bond donors (Lipinski definition) is 1. The van der Waals surface area contributed by atoms with E-state index in [0.29, 0.717) is 13.0 Å². The lowest BCUT2D eigenvalue weighted by Crippen LogP contribution is -2.38. The normalized spacial score (nSPS) is 15.7. The van der Waals surface area contributed by atoms with E-state index in [2.05, 4.69) is 30.4 Å². The summed E-state index contributed by atoms with van der Waals surface area (Å²) in [5, 5.41) is 3.02. The zero-order valence-electron chi connectivity index (χ0n) is 14.4. The SMILES string of the molecule is CCc1ccc(O[C@@H](CC)C(=O)NCCC2=CCCCC2)cc1. The topological polar surface area (TPSA) is 38.3 Å². The molecule has 1 N–H and O–H groups in total. The molecule has 3 nitrogen and oxygen atoms in total. The lowest BCUT2D eigenvalue weighted by atomic mass is 9.97. The van der Waals surface area contributed by atoms with E-state index in [1.54, 1.807) is 0 Å². The molecule has 0 bridgehead atoms. The molecule has 1 aliphatic carbocycles. The molecule has 0 unspecified atom stereocenters. The third kappa shape index (κ3) is 5.74. The summed E-state index contributed by atoms with van der Waals surface area (Å²) in [7, 11) is 0. The zero-order valence-corrected chi connectivity index (χ0v) is 14.4. The second-order valence-electron chi connectivity index (χ2n) is 6.16. The third-order valence-corrected chi connectivity index (χ3v) is 4.40. The minimum Gasteiger partial charge on any atom is -0.481 e. The number of aryl methyl sites for hydroxylation is 1. The minimum atomic E-state index is -0.414. The van der Waals surface area contributed by atoms with Gasteiger partial charge >= 0.3 is 0 Å². The van der Waals surface area contributed by atoms with E-state index in [1.165, 1.54) is 36.8 Å². The summed E-state index contributed by atoms with van der Waals surface area (Å²) in [6.07, 6.45) is 9.53. The van der Waals surface area contributed by atoms with Crippen LogP contribution >= 0.6 is 0 Å². The summed E-state index contributed by atoms with van der Waals surface area (Å²) in [6.45, 7) is 4.81. The van der Waals surface area contributed by atoms with Crippen LogP contribution in [0.5, 0.6) is 5.75 Å². The van der Waals surface area contributed by atoms with Crippen molar-refractivity contribution >= 4 is 5.91 Å². The number of allylic oxidation sites excluding steroid dienone is 1. The fourth-order valence-electron chi connectivity index (χ4n) is 2.88. The van der Waals surface area contributed by atoms with Gasteiger partial charge in [-0.25, -0.2) is 0 Å². The quantitative estimate of drug-likeness (QED) is 0.721.